The van der Waals surface area contributed by atoms with Crippen LogP contribution >= 0.6 is 11.6 Å². The number of benzene rings is 1. The first-order valence-corrected chi connectivity index (χ1v) is 8.69. The summed E-state index contributed by atoms with van der Waals surface area (Å²) < 4.78 is 13.9. The summed E-state index contributed by atoms with van der Waals surface area (Å²) in [6, 6.07) is 5.10. The summed E-state index contributed by atoms with van der Waals surface area (Å²) in [6.07, 6.45) is 6.03. The van der Waals surface area contributed by atoms with Gasteiger partial charge in [0.05, 0.1) is 0 Å². The molecule has 1 aromatic rings. The van der Waals surface area contributed by atoms with E-state index in [2.05, 4.69) is 11.8 Å². The summed E-state index contributed by atoms with van der Waals surface area (Å²) in [7, 11) is 0. The maximum atomic E-state index is 13.9. The Bertz CT molecular complexity index is 542. The fourth-order valence-corrected chi connectivity index (χ4v) is 4.26. The van der Waals surface area contributed by atoms with Gasteiger partial charge in [-0.05, 0) is 43.7 Å². The molecule has 1 heterocycles. The highest BCUT2D eigenvalue weighted by Gasteiger charge is 2.38. The van der Waals surface area contributed by atoms with Gasteiger partial charge in [0.2, 0.25) is 5.91 Å². The van der Waals surface area contributed by atoms with Crippen LogP contribution in [0.3, 0.4) is 0 Å². The Hall–Kier alpha value is -1.09. The first kappa shape index (κ1) is 15.8. The van der Waals surface area contributed by atoms with Gasteiger partial charge in [-0.3, -0.25) is 4.79 Å². The molecule has 1 unspecified atom stereocenters. The topological polar surface area (TPSA) is 20.3 Å². The van der Waals surface area contributed by atoms with Crippen LogP contribution < -0.4 is 0 Å². The second-order valence-corrected chi connectivity index (χ2v) is 7.16. The van der Waals surface area contributed by atoms with Crippen molar-refractivity contribution in [2.24, 2.45) is 11.8 Å². The Morgan fingerprint density at radius 1 is 1.27 bits per heavy atom. The molecule has 1 saturated heterocycles. The minimum Gasteiger partial charge on any atom is -0.339 e. The minimum absolute atomic E-state index is 0.122. The normalized spacial score (nSPS) is 29.1. The second-order valence-electron chi connectivity index (χ2n) is 6.75. The van der Waals surface area contributed by atoms with Gasteiger partial charge in [0.1, 0.15) is 5.82 Å². The van der Waals surface area contributed by atoms with E-state index in [-0.39, 0.29) is 17.6 Å². The molecule has 3 rings (SSSR count). The van der Waals surface area contributed by atoms with E-state index < -0.39 is 0 Å². The Labute approximate surface area is 136 Å². The van der Waals surface area contributed by atoms with Crippen LogP contribution in [0.4, 0.5) is 4.39 Å². The van der Waals surface area contributed by atoms with Crippen LogP contribution in [0.1, 0.15) is 44.6 Å². The van der Waals surface area contributed by atoms with Crippen molar-refractivity contribution in [3.63, 3.8) is 0 Å². The smallest absolute Gasteiger partial charge is 0.226 e. The highest BCUT2D eigenvalue weighted by Crippen LogP contribution is 2.34. The molecular weight excluding hydrogens is 301 g/mol. The molecule has 1 amide bonds. The summed E-state index contributed by atoms with van der Waals surface area (Å²) in [5.74, 6) is 0.347. The number of likely N-dealkylation sites (tertiary alicyclic amines) is 1. The molecule has 1 aliphatic heterocycles. The molecule has 0 N–H and O–H groups in total. The zero-order valence-electron chi connectivity index (χ0n) is 13.0. The van der Waals surface area contributed by atoms with Crippen molar-refractivity contribution in [1.29, 1.82) is 0 Å². The van der Waals surface area contributed by atoms with Crippen molar-refractivity contribution in [3.8, 4) is 0 Å². The molecule has 2 aliphatic rings. The molecule has 2 fully saturated rings. The molecule has 120 valence electrons. The van der Waals surface area contributed by atoms with E-state index >= 15 is 0 Å². The zero-order valence-corrected chi connectivity index (χ0v) is 13.8. The van der Waals surface area contributed by atoms with Crippen molar-refractivity contribution in [2.45, 2.75) is 51.5 Å². The van der Waals surface area contributed by atoms with Gasteiger partial charge in [-0.1, -0.05) is 37.4 Å². The van der Waals surface area contributed by atoms with Crippen LogP contribution in [0, 0.1) is 17.7 Å². The van der Waals surface area contributed by atoms with E-state index in [1.807, 2.05) is 0 Å². The first-order valence-electron chi connectivity index (χ1n) is 8.31. The Morgan fingerprint density at radius 2 is 2.05 bits per heavy atom. The molecule has 2 nitrogen and oxygen atoms in total. The third-order valence-electron chi connectivity index (χ3n) is 5.33. The standard InChI is InChI=1S/C18H23ClFNO/c1-12-5-2-3-8-17(12)21-10-9-13(18(21)22)11-14-15(19)6-4-7-16(14)20/h4,6-7,12-13,17H,2-3,5,8-11H2,1H3/t12-,13?,17-/m1/s1. The largest absolute Gasteiger partial charge is 0.339 e. The molecule has 1 saturated carbocycles. The van der Waals surface area contributed by atoms with E-state index in [1.54, 1.807) is 12.1 Å². The van der Waals surface area contributed by atoms with Gasteiger partial charge in [0.15, 0.2) is 0 Å². The molecule has 0 aromatic heterocycles. The highest BCUT2D eigenvalue weighted by atomic mass is 35.5. The number of rotatable bonds is 3. The monoisotopic (exact) mass is 323 g/mol. The predicted octanol–water partition coefficient (Wildman–Crippen LogP) is 4.45. The number of carbonyl (C=O) groups excluding carboxylic acids is 1. The van der Waals surface area contributed by atoms with Crippen molar-refractivity contribution < 1.29 is 9.18 Å². The van der Waals surface area contributed by atoms with E-state index in [0.717, 1.165) is 19.4 Å². The second kappa shape index (κ2) is 6.57. The zero-order chi connectivity index (χ0) is 15.7. The lowest BCUT2D eigenvalue weighted by atomic mass is 9.85. The van der Waals surface area contributed by atoms with Gasteiger partial charge in [0.25, 0.3) is 0 Å². The first-order chi connectivity index (χ1) is 10.6. The van der Waals surface area contributed by atoms with E-state index in [4.69, 9.17) is 11.6 Å². The van der Waals surface area contributed by atoms with Gasteiger partial charge < -0.3 is 4.90 Å². The van der Waals surface area contributed by atoms with Crippen molar-refractivity contribution >= 4 is 17.5 Å². The Morgan fingerprint density at radius 3 is 2.77 bits per heavy atom. The van der Waals surface area contributed by atoms with E-state index in [9.17, 15) is 9.18 Å². The summed E-state index contributed by atoms with van der Waals surface area (Å²) >= 11 is 6.10. The number of amides is 1. The van der Waals surface area contributed by atoms with Crippen molar-refractivity contribution in [1.82, 2.24) is 4.90 Å². The van der Waals surface area contributed by atoms with Crippen molar-refractivity contribution in [2.75, 3.05) is 6.54 Å². The third-order valence-corrected chi connectivity index (χ3v) is 5.68. The molecule has 1 aromatic carbocycles. The average molecular weight is 324 g/mol. The number of hydrogen-bond acceptors (Lipinski definition) is 1. The SMILES string of the molecule is C[C@@H]1CCCC[C@H]1N1CCC(Cc2c(F)cccc2Cl)C1=O. The predicted molar refractivity (Wildman–Crippen MR) is 86.4 cm³/mol. The van der Waals surface area contributed by atoms with Crippen LogP contribution in [-0.2, 0) is 11.2 Å². The number of hydrogen-bond donors (Lipinski definition) is 0. The van der Waals surface area contributed by atoms with Crippen LogP contribution in [0.15, 0.2) is 18.2 Å². The van der Waals surface area contributed by atoms with E-state index in [1.165, 1.54) is 25.3 Å². The van der Waals surface area contributed by atoms with Crippen molar-refractivity contribution in [3.05, 3.63) is 34.6 Å². The summed E-state index contributed by atoms with van der Waals surface area (Å²) in [6.45, 7) is 3.06. The molecule has 0 spiro atoms. The van der Waals surface area contributed by atoms with Crippen LogP contribution in [0.5, 0.6) is 0 Å². The van der Waals surface area contributed by atoms with Crippen LogP contribution in [-0.4, -0.2) is 23.4 Å². The fourth-order valence-electron chi connectivity index (χ4n) is 4.02. The summed E-state index contributed by atoms with van der Waals surface area (Å²) in [5, 5.41) is 0.428. The van der Waals surface area contributed by atoms with Crippen LogP contribution in [0.2, 0.25) is 5.02 Å². The lowest BCUT2D eigenvalue weighted by Crippen LogP contribution is -2.43. The molecule has 1 aliphatic carbocycles. The molecule has 22 heavy (non-hydrogen) atoms. The number of halogens is 2. The van der Waals surface area contributed by atoms with Gasteiger partial charge in [0, 0.05) is 29.1 Å². The minimum atomic E-state index is -0.301. The number of carbonyl (C=O) groups is 1. The molecule has 4 heteroatoms. The maximum absolute atomic E-state index is 13.9. The lowest BCUT2D eigenvalue weighted by Gasteiger charge is -2.36. The fraction of sp³-hybridized carbons (Fsp3) is 0.611. The third kappa shape index (κ3) is 3.01. The molecular formula is C18H23ClFNO. The summed E-state index contributed by atoms with van der Waals surface area (Å²) in [4.78, 5) is 14.8. The highest BCUT2D eigenvalue weighted by molar-refractivity contribution is 6.31. The average Bonchev–Trinajstić information content (AvgIpc) is 2.85. The Balaban J connectivity index is 1.71. The summed E-state index contributed by atoms with van der Waals surface area (Å²) in [5.41, 5.74) is 0.487. The molecule has 0 radical (unpaired) electrons. The Kier molecular flexibility index (Phi) is 4.72. The molecule has 3 atom stereocenters. The van der Waals surface area contributed by atoms with Gasteiger partial charge in [-0.15, -0.1) is 0 Å². The van der Waals surface area contributed by atoms with E-state index in [0.29, 0.717) is 29.0 Å². The quantitative estimate of drug-likeness (QED) is 0.804. The lowest BCUT2D eigenvalue weighted by molar-refractivity contribution is -0.134. The molecule has 0 bridgehead atoms. The maximum Gasteiger partial charge on any atom is 0.226 e. The van der Waals surface area contributed by atoms with Gasteiger partial charge in [-0.25, -0.2) is 4.39 Å². The van der Waals surface area contributed by atoms with Gasteiger partial charge in [-0.2, -0.15) is 0 Å². The van der Waals surface area contributed by atoms with Crippen LogP contribution in [0.25, 0.3) is 0 Å². The number of nitrogens with zero attached hydrogens (tertiary/aromatic N) is 1. The van der Waals surface area contributed by atoms with Gasteiger partial charge >= 0.3 is 0 Å².